The molecular formula is C16H19N3OS2. The van der Waals surface area contributed by atoms with E-state index in [9.17, 15) is 4.79 Å². The van der Waals surface area contributed by atoms with Crippen LogP contribution in [0.5, 0.6) is 0 Å². The highest BCUT2D eigenvalue weighted by molar-refractivity contribution is 8.02. The third-order valence-corrected chi connectivity index (χ3v) is 6.02. The van der Waals surface area contributed by atoms with E-state index < -0.39 is 0 Å². The van der Waals surface area contributed by atoms with Crippen molar-refractivity contribution in [2.75, 3.05) is 7.05 Å². The van der Waals surface area contributed by atoms with Crippen molar-refractivity contribution >= 4 is 29.0 Å². The predicted molar refractivity (Wildman–Crippen MR) is 90.1 cm³/mol. The van der Waals surface area contributed by atoms with E-state index in [1.165, 1.54) is 34.2 Å². The first kappa shape index (κ1) is 15.5. The molecule has 1 aromatic heterocycles. The van der Waals surface area contributed by atoms with Crippen molar-refractivity contribution < 1.29 is 4.79 Å². The minimum absolute atomic E-state index is 0.146. The third kappa shape index (κ3) is 3.17. The van der Waals surface area contributed by atoms with Crippen LogP contribution in [-0.2, 0) is 11.2 Å². The molecule has 0 spiro atoms. The molecule has 6 heteroatoms. The molecule has 1 aromatic carbocycles. The first-order valence-electron chi connectivity index (χ1n) is 7.44. The maximum atomic E-state index is 12.7. The van der Waals surface area contributed by atoms with Crippen molar-refractivity contribution in [2.24, 2.45) is 0 Å². The van der Waals surface area contributed by atoms with Crippen molar-refractivity contribution in [3.05, 3.63) is 40.9 Å². The van der Waals surface area contributed by atoms with Gasteiger partial charge in [-0.15, -0.1) is 10.2 Å². The van der Waals surface area contributed by atoms with Crippen LogP contribution in [0.4, 0.5) is 0 Å². The molecule has 0 N–H and O–H groups in total. The quantitative estimate of drug-likeness (QED) is 0.803. The molecule has 0 unspecified atom stereocenters. The summed E-state index contributed by atoms with van der Waals surface area (Å²) < 4.78 is 0.846. The Morgan fingerprint density at radius 2 is 2.27 bits per heavy atom. The number of hydrogen-bond acceptors (Lipinski definition) is 5. The molecule has 1 amide bonds. The SMILES string of the molecule is C[C@@H](Sc1nncs1)C(=O)N(C)[C@@H]1CCCc2ccccc21. The van der Waals surface area contributed by atoms with Gasteiger partial charge >= 0.3 is 0 Å². The Morgan fingerprint density at radius 3 is 3.05 bits per heavy atom. The molecule has 1 heterocycles. The maximum Gasteiger partial charge on any atom is 0.236 e. The van der Waals surface area contributed by atoms with E-state index in [0.29, 0.717) is 0 Å². The first-order valence-corrected chi connectivity index (χ1v) is 9.20. The topological polar surface area (TPSA) is 46.1 Å². The Balaban J connectivity index is 1.73. The van der Waals surface area contributed by atoms with E-state index in [0.717, 1.165) is 23.6 Å². The minimum Gasteiger partial charge on any atom is -0.338 e. The van der Waals surface area contributed by atoms with E-state index in [2.05, 4.69) is 34.5 Å². The number of benzene rings is 1. The Bertz CT molecular complexity index is 645. The Labute approximate surface area is 138 Å². The highest BCUT2D eigenvalue weighted by Crippen LogP contribution is 2.35. The molecule has 2 aromatic rings. The van der Waals surface area contributed by atoms with Crippen molar-refractivity contribution in [1.29, 1.82) is 0 Å². The smallest absolute Gasteiger partial charge is 0.236 e. The van der Waals surface area contributed by atoms with E-state index in [-0.39, 0.29) is 17.2 Å². The van der Waals surface area contributed by atoms with Crippen LogP contribution in [0.2, 0.25) is 0 Å². The molecule has 0 aliphatic heterocycles. The van der Waals surface area contributed by atoms with Crippen molar-refractivity contribution in [3.63, 3.8) is 0 Å². The van der Waals surface area contributed by atoms with Gasteiger partial charge < -0.3 is 4.90 Å². The third-order valence-electron chi connectivity index (χ3n) is 4.12. The number of amides is 1. The van der Waals surface area contributed by atoms with Crippen LogP contribution in [0.15, 0.2) is 34.1 Å². The second-order valence-corrected chi connectivity index (χ2v) is 7.94. The number of carbonyl (C=O) groups is 1. The summed E-state index contributed by atoms with van der Waals surface area (Å²) >= 11 is 2.96. The summed E-state index contributed by atoms with van der Waals surface area (Å²) in [5.74, 6) is 0.155. The van der Waals surface area contributed by atoms with Gasteiger partial charge in [0.05, 0.1) is 11.3 Å². The van der Waals surface area contributed by atoms with Crippen molar-refractivity contribution in [3.8, 4) is 0 Å². The van der Waals surface area contributed by atoms with E-state index >= 15 is 0 Å². The summed E-state index contributed by atoms with van der Waals surface area (Å²) in [7, 11) is 1.92. The Kier molecular flexibility index (Phi) is 4.78. The summed E-state index contributed by atoms with van der Waals surface area (Å²) in [5.41, 5.74) is 4.38. The zero-order valence-electron chi connectivity index (χ0n) is 12.7. The van der Waals surface area contributed by atoms with Gasteiger partial charge in [-0.05, 0) is 37.3 Å². The van der Waals surface area contributed by atoms with Gasteiger partial charge in [0.2, 0.25) is 5.91 Å². The number of hydrogen-bond donors (Lipinski definition) is 0. The summed E-state index contributed by atoms with van der Waals surface area (Å²) in [6.07, 6.45) is 3.29. The van der Waals surface area contributed by atoms with Crippen LogP contribution in [0.1, 0.15) is 36.9 Å². The molecule has 0 saturated heterocycles. The lowest BCUT2D eigenvalue weighted by Crippen LogP contribution is -2.37. The van der Waals surface area contributed by atoms with Crippen molar-refractivity contribution in [2.45, 2.75) is 41.8 Å². The van der Waals surface area contributed by atoms with Gasteiger partial charge in [0.25, 0.3) is 0 Å². The first-order chi connectivity index (χ1) is 10.7. The molecule has 0 saturated carbocycles. The number of rotatable bonds is 4. The fourth-order valence-corrected chi connectivity index (χ4v) is 4.71. The van der Waals surface area contributed by atoms with Gasteiger partial charge in [0, 0.05) is 7.05 Å². The molecule has 0 fully saturated rings. The van der Waals surface area contributed by atoms with Crippen LogP contribution in [-0.4, -0.2) is 33.3 Å². The number of aromatic nitrogens is 2. The Hall–Kier alpha value is -1.40. The van der Waals surface area contributed by atoms with Gasteiger partial charge in [-0.1, -0.05) is 47.4 Å². The summed E-state index contributed by atoms with van der Waals surface area (Å²) in [5, 5.41) is 7.68. The molecule has 1 aliphatic rings. The van der Waals surface area contributed by atoms with Gasteiger partial charge in [-0.2, -0.15) is 0 Å². The second-order valence-electron chi connectivity index (χ2n) is 5.52. The van der Waals surface area contributed by atoms with Crippen LogP contribution in [0.3, 0.4) is 0 Å². The van der Waals surface area contributed by atoms with E-state index in [1.54, 1.807) is 5.51 Å². The molecule has 2 atom stereocenters. The maximum absolute atomic E-state index is 12.7. The lowest BCUT2D eigenvalue weighted by Gasteiger charge is -2.34. The fraction of sp³-hybridized carbons (Fsp3) is 0.438. The number of thioether (sulfide) groups is 1. The highest BCUT2D eigenvalue weighted by Gasteiger charge is 2.29. The molecule has 4 nitrogen and oxygen atoms in total. The summed E-state index contributed by atoms with van der Waals surface area (Å²) in [4.78, 5) is 14.7. The zero-order chi connectivity index (χ0) is 15.5. The van der Waals surface area contributed by atoms with Crippen LogP contribution >= 0.6 is 23.1 Å². The summed E-state index contributed by atoms with van der Waals surface area (Å²) in [6, 6.07) is 8.67. The summed E-state index contributed by atoms with van der Waals surface area (Å²) in [6.45, 7) is 1.94. The number of fused-ring (bicyclic) bond motifs is 1. The molecule has 0 radical (unpaired) electrons. The van der Waals surface area contributed by atoms with Crippen LogP contribution in [0.25, 0.3) is 0 Å². The van der Waals surface area contributed by atoms with E-state index in [4.69, 9.17) is 0 Å². The second kappa shape index (κ2) is 6.79. The van der Waals surface area contributed by atoms with E-state index in [1.807, 2.05) is 18.9 Å². The lowest BCUT2D eigenvalue weighted by atomic mass is 9.87. The predicted octanol–water partition coefficient (Wildman–Crippen LogP) is 3.55. The number of aryl methyl sites for hydroxylation is 1. The van der Waals surface area contributed by atoms with Crippen LogP contribution in [0, 0.1) is 0 Å². The van der Waals surface area contributed by atoms with Gasteiger partial charge in [-0.3, -0.25) is 4.79 Å². The van der Waals surface area contributed by atoms with Crippen LogP contribution < -0.4 is 0 Å². The van der Waals surface area contributed by atoms with Gasteiger partial charge in [0.15, 0.2) is 4.34 Å². The minimum atomic E-state index is -0.146. The molecule has 22 heavy (non-hydrogen) atoms. The fourth-order valence-electron chi connectivity index (χ4n) is 2.99. The molecule has 0 bridgehead atoms. The molecular weight excluding hydrogens is 314 g/mol. The molecule has 3 rings (SSSR count). The monoisotopic (exact) mass is 333 g/mol. The van der Waals surface area contributed by atoms with Gasteiger partial charge in [0.1, 0.15) is 5.51 Å². The molecule has 116 valence electrons. The standard InChI is InChI=1S/C16H19N3OS2/c1-11(22-16-18-17-10-21-16)15(20)19(2)14-9-5-7-12-6-3-4-8-13(12)14/h3-4,6,8,10-11,14H,5,7,9H2,1-2H3/t11-,14-/m1/s1. The number of carbonyl (C=O) groups excluding carboxylic acids is 1. The van der Waals surface area contributed by atoms with Gasteiger partial charge in [-0.25, -0.2) is 0 Å². The lowest BCUT2D eigenvalue weighted by molar-refractivity contribution is -0.131. The Morgan fingerprint density at radius 1 is 1.45 bits per heavy atom. The number of nitrogens with zero attached hydrogens (tertiary/aromatic N) is 3. The van der Waals surface area contributed by atoms with Crippen molar-refractivity contribution in [1.82, 2.24) is 15.1 Å². The average molecular weight is 333 g/mol. The normalized spacial score (nSPS) is 18.5. The average Bonchev–Trinajstić information content (AvgIpc) is 3.05. The largest absolute Gasteiger partial charge is 0.338 e. The highest BCUT2D eigenvalue weighted by atomic mass is 32.2. The zero-order valence-corrected chi connectivity index (χ0v) is 14.4. The molecule has 1 aliphatic carbocycles.